The Kier molecular flexibility index (Phi) is 7.33. The lowest BCUT2D eigenvalue weighted by molar-refractivity contribution is -0.115. The molecule has 6 heteroatoms. The van der Waals surface area contributed by atoms with Crippen LogP contribution < -0.4 is 5.32 Å². The average Bonchev–Trinajstić information content (AvgIpc) is 3.19. The van der Waals surface area contributed by atoms with Crippen LogP contribution in [0.4, 0.5) is 5.00 Å². The summed E-state index contributed by atoms with van der Waals surface area (Å²) in [6.07, 6.45) is 3.99. The molecule has 4 rings (SSSR count). The fraction of sp³-hybridized carbons (Fsp3) is 0.308. The summed E-state index contributed by atoms with van der Waals surface area (Å²) in [5.41, 5.74) is 2.51. The fourth-order valence-corrected chi connectivity index (χ4v) is 6.52. The normalized spacial score (nSPS) is 16.1. The van der Waals surface area contributed by atoms with Crippen LogP contribution in [0.3, 0.4) is 0 Å². The molecular formula is C26H27NO3S2. The van der Waals surface area contributed by atoms with Gasteiger partial charge in [-0.3, -0.25) is 4.79 Å². The highest BCUT2D eigenvalue weighted by molar-refractivity contribution is 8.00. The number of carbonyl (C=O) groups is 2. The number of nitrogens with one attached hydrogen (secondary N) is 1. The van der Waals surface area contributed by atoms with Crippen molar-refractivity contribution in [3.8, 4) is 0 Å². The van der Waals surface area contributed by atoms with Crippen molar-refractivity contribution < 1.29 is 14.3 Å². The van der Waals surface area contributed by atoms with Crippen LogP contribution in [0.2, 0.25) is 0 Å². The maximum Gasteiger partial charge on any atom is 0.341 e. The van der Waals surface area contributed by atoms with Gasteiger partial charge in [0.15, 0.2) is 0 Å². The maximum atomic E-state index is 13.5. The second-order valence-electron chi connectivity index (χ2n) is 7.93. The zero-order valence-corrected chi connectivity index (χ0v) is 19.9. The zero-order chi connectivity index (χ0) is 22.5. The van der Waals surface area contributed by atoms with Crippen LogP contribution in [0.25, 0.3) is 0 Å². The Morgan fingerprint density at radius 2 is 1.81 bits per heavy atom. The number of ether oxygens (including phenoxy) is 1. The Morgan fingerprint density at radius 1 is 1.12 bits per heavy atom. The minimum absolute atomic E-state index is 0.138. The molecule has 4 nitrogen and oxygen atoms in total. The third-order valence-corrected chi connectivity index (χ3v) is 8.34. The lowest BCUT2D eigenvalue weighted by Gasteiger charge is -2.20. The second-order valence-corrected chi connectivity index (χ2v) is 10.2. The van der Waals surface area contributed by atoms with Crippen LogP contribution >= 0.6 is 23.1 Å². The van der Waals surface area contributed by atoms with Gasteiger partial charge in [0, 0.05) is 9.77 Å². The predicted molar refractivity (Wildman–Crippen MR) is 132 cm³/mol. The van der Waals surface area contributed by atoms with Gasteiger partial charge in [0.25, 0.3) is 0 Å². The van der Waals surface area contributed by atoms with Gasteiger partial charge in [0.1, 0.15) is 10.3 Å². The van der Waals surface area contributed by atoms with E-state index in [0.29, 0.717) is 16.5 Å². The average molecular weight is 466 g/mol. The van der Waals surface area contributed by atoms with E-state index in [1.807, 2.05) is 60.7 Å². The molecule has 1 aromatic heterocycles. The van der Waals surface area contributed by atoms with E-state index in [1.165, 1.54) is 35.1 Å². The Morgan fingerprint density at radius 3 is 2.47 bits per heavy atom. The molecule has 0 unspecified atom stereocenters. The van der Waals surface area contributed by atoms with Crippen LogP contribution in [-0.4, -0.2) is 19.0 Å². The first-order chi connectivity index (χ1) is 15.6. The number of esters is 1. The third kappa shape index (κ3) is 4.92. The van der Waals surface area contributed by atoms with Crippen LogP contribution in [0.1, 0.15) is 51.4 Å². The third-order valence-electron chi connectivity index (χ3n) is 5.91. The Labute approximate surface area is 197 Å². The lowest BCUT2D eigenvalue weighted by atomic mass is 9.85. The monoisotopic (exact) mass is 465 g/mol. The van der Waals surface area contributed by atoms with Gasteiger partial charge >= 0.3 is 5.97 Å². The second kappa shape index (κ2) is 10.4. The van der Waals surface area contributed by atoms with Gasteiger partial charge in [0.2, 0.25) is 5.91 Å². The molecule has 1 N–H and O–H groups in total. The van der Waals surface area contributed by atoms with Crippen molar-refractivity contribution in [2.24, 2.45) is 5.92 Å². The molecule has 0 spiro atoms. The number of rotatable bonds is 7. The molecular weight excluding hydrogens is 438 g/mol. The van der Waals surface area contributed by atoms with E-state index in [1.54, 1.807) is 0 Å². The van der Waals surface area contributed by atoms with E-state index in [-0.39, 0.29) is 11.9 Å². The smallest absolute Gasteiger partial charge is 0.341 e. The summed E-state index contributed by atoms with van der Waals surface area (Å²) >= 11 is 3.03. The molecule has 1 amide bonds. The van der Waals surface area contributed by atoms with Gasteiger partial charge in [-0.05, 0) is 48.4 Å². The summed E-state index contributed by atoms with van der Waals surface area (Å²) in [4.78, 5) is 28.4. The highest BCUT2D eigenvalue weighted by atomic mass is 32.2. The number of benzene rings is 2. The summed E-state index contributed by atoms with van der Waals surface area (Å²) < 4.78 is 5.09. The number of methoxy groups -OCH3 is 1. The van der Waals surface area contributed by atoms with Crippen LogP contribution in [0, 0.1) is 5.92 Å². The van der Waals surface area contributed by atoms with E-state index in [2.05, 4.69) is 12.2 Å². The van der Waals surface area contributed by atoms with Crippen molar-refractivity contribution in [3.05, 3.63) is 82.2 Å². The topological polar surface area (TPSA) is 55.4 Å². The lowest BCUT2D eigenvalue weighted by Crippen LogP contribution is -2.20. The Hall–Kier alpha value is -2.57. The molecule has 0 radical (unpaired) electrons. The van der Waals surface area contributed by atoms with E-state index >= 15 is 0 Å². The molecule has 0 fully saturated rings. The molecule has 1 aliphatic rings. The first-order valence-electron chi connectivity index (χ1n) is 10.9. The minimum atomic E-state index is -0.438. The molecule has 166 valence electrons. The van der Waals surface area contributed by atoms with E-state index in [4.69, 9.17) is 4.74 Å². The summed E-state index contributed by atoms with van der Waals surface area (Å²) in [6.45, 7) is 2.21. The van der Waals surface area contributed by atoms with Crippen molar-refractivity contribution in [1.82, 2.24) is 0 Å². The summed E-state index contributed by atoms with van der Waals surface area (Å²) in [5.74, 6) is 0.112. The standard InChI is InChI=1S/C26H27NO3S2/c1-3-17-14-15-20-21(16-17)32-25(22(20)26(29)30-2)27-24(28)23(18-10-6-4-7-11-18)31-19-12-8-5-9-13-19/h4-13,17,23H,3,14-16H2,1-2H3,(H,27,28)/t17-,23+/m0/s1. The van der Waals surface area contributed by atoms with E-state index in [0.717, 1.165) is 41.7 Å². The highest BCUT2D eigenvalue weighted by Crippen LogP contribution is 2.42. The molecule has 3 aromatic rings. The van der Waals surface area contributed by atoms with Crippen molar-refractivity contribution in [3.63, 3.8) is 0 Å². The van der Waals surface area contributed by atoms with E-state index < -0.39 is 5.25 Å². The summed E-state index contributed by atoms with van der Waals surface area (Å²) in [5, 5.41) is 3.26. The molecule has 0 saturated heterocycles. The van der Waals surface area contributed by atoms with Gasteiger partial charge in [-0.1, -0.05) is 61.9 Å². The number of thiophene rings is 1. The largest absolute Gasteiger partial charge is 0.465 e. The first-order valence-corrected chi connectivity index (χ1v) is 12.6. The summed E-state index contributed by atoms with van der Waals surface area (Å²) in [7, 11) is 1.40. The van der Waals surface area contributed by atoms with Crippen molar-refractivity contribution in [2.45, 2.75) is 42.8 Å². The molecule has 0 bridgehead atoms. The number of anilines is 1. The van der Waals surface area contributed by atoms with Gasteiger partial charge in [-0.2, -0.15) is 0 Å². The molecule has 1 heterocycles. The van der Waals surface area contributed by atoms with E-state index in [9.17, 15) is 9.59 Å². The summed E-state index contributed by atoms with van der Waals surface area (Å²) in [6, 6.07) is 19.7. The molecule has 2 atom stereocenters. The molecule has 32 heavy (non-hydrogen) atoms. The SMILES string of the molecule is CC[C@H]1CCc2c(sc(NC(=O)[C@H](Sc3ccccc3)c3ccccc3)c2C(=O)OC)C1. The van der Waals surface area contributed by atoms with Gasteiger partial charge in [0.05, 0.1) is 12.7 Å². The molecule has 1 aliphatic carbocycles. The highest BCUT2D eigenvalue weighted by Gasteiger charge is 2.31. The van der Waals surface area contributed by atoms with Crippen molar-refractivity contribution in [1.29, 1.82) is 0 Å². The first kappa shape index (κ1) is 22.6. The number of hydrogen-bond donors (Lipinski definition) is 1. The number of fused-ring (bicyclic) bond motifs is 1. The number of amides is 1. The zero-order valence-electron chi connectivity index (χ0n) is 18.3. The van der Waals surface area contributed by atoms with Crippen molar-refractivity contribution >= 4 is 40.0 Å². The predicted octanol–water partition coefficient (Wildman–Crippen LogP) is 6.52. The minimum Gasteiger partial charge on any atom is -0.465 e. The molecule has 0 saturated carbocycles. The molecule has 0 aliphatic heterocycles. The van der Waals surface area contributed by atoms with Gasteiger partial charge in [-0.25, -0.2) is 4.79 Å². The van der Waals surface area contributed by atoms with Crippen molar-refractivity contribution in [2.75, 3.05) is 12.4 Å². The van der Waals surface area contributed by atoms with Crippen LogP contribution in [0.15, 0.2) is 65.6 Å². The Bertz CT molecular complexity index is 1080. The fourth-order valence-electron chi connectivity index (χ4n) is 4.12. The number of hydrogen-bond acceptors (Lipinski definition) is 5. The van der Waals surface area contributed by atoms with Gasteiger partial charge < -0.3 is 10.1 Å². The van der Waals surface area contributed by atoms with Gasteiger partial charge in [-0.15, -0.1) is 23.1 Å². The maximum absolute atomic E-state index is 13.5. The molecule has 2 aromatic carbocycles. The Balaban J connectivity index is 1.66. The van der Waals surface area contributed by atoms with Crippen LogP contribution in [-0.2, 0) is 22.4 Å². The number of carbonyl (C=O) groups excluding carboxylic acids is 2. The number of thioether (sulfide) groups is 1. The van der Waals surface area contributed by atoms with Crippen LogP contribution in [0.5, 0.6) is 0 Å². The quantitative estimate of drug-likeness (QED) is 0.319.